The minimum atomic E-state index is 0.0846. The number of methoxy groups -OCH3 is 1. The van der Waals surface area contributed by atoms with Gasteiger partial charge in [-0.25, -0.2) is 9.97 Å². The maximum Gasteiger partial charge on any atom is 0.158 e. The monoisotopic (exact) mass is 259 g/mol. The van der Waals surface area contributed by atoms with Gasteiger partial charge in [0.15, 0.2) is 5.82 Å². The van der Waals surface area contributed by atoms with Gasteiger partial charge >= 0.3 is 0 Å². The Bertz CT molecular complexity index is 343. The van der Waals surface area contributed by atoms with Crippen LogP contribution in [0, 0.1) is 0 Å². The molecular formula is C11H18ClN3O2. The van der Waals surface area contributed by atoms with Gasteiger partial charge in [0.05, 0.1) is 6.61 Å². The molecule has 1 aromatic heterocycles. The Kier molecular flexibility index (Phi) is 6.18. The van der Waals surface area contributed by atoms with Crippen molar-refractivity contribution in [3.05, 3.63) is 17.0 Å². The predicted molar refractivity (Wildman–Crippen MR) is 67.3 cm³/mol. The van der Waals surface area contributed by atoms with Crippen LogP contribution in [0.3, 0.4) is 0 Å². The third kappa shape index (κ3) is 4.46. The summed E-state index contributed by atoms with van der Waals surface area (Å²) in [7, 11) is 1.58. The summed E-state index contributed by atoms with van der Waals surface area (Å²) in [5.41, 5.74) is 0. The van der Waals surface area contributed by atoms with Crippen molar-refractivity contribution in [1.29, 1.82) is 0 Å². The van der Waals surface area contributed by atoms with Gasteiger partial charge in [-0.1, -0.05) is 18.5 Å². The zero-order valence-corrected chi connectivity index (χ0v) is 10.9. The lowest BCUT2D eigenvalue weighted by molar-refractivity contribution is 0.178. The van der Waals surface area contributed by atoms with Crippen LogP contribution in [0.15, 0.2) is 6.07 Å². The first kappa shape index (κ1) is 14.2. The van der Waals surface area contributed by atoms with Crippen molar-refractivity contribution in [2.24, 2.45) is 0 Å². The molecule has 0 aromatic carbocycles. The molecule has 17 heavy (non-hydrogen) atoms. The molecule has 0 atom stereocenters. The zero-order chi connectivity index (χ0) is 12.7. The SMILES string of the molecule is CCCN(CCO)c1cc(Cl)nc(COC)n1. The summed E-state index contributed by atoms with van der Waals surface area (Å²) in [5.74, 6) is 1.28. The van der Waals surface area contributed by atoms with Gasteiger partial charge in [-0.2, -0.15) is 0 Å². The third-order valence-electron chi connectivity index (χ3n) is 2.19. The molecule has 1 rings (SSSR count). The molecule has 1 heterocycles. The summed E-state index contributed by atoms with van der Waals surface area (Å²) >= 11 is 5.93. The van der Waals surface area contributed by atoms with Gasteiger partial charge in [-0.05, 0) is 6.42 Å². The second-order valence-corrected chi connectivity index (χ2v) is 4.00. The van der Waals surface area contributed by atoms with Gasteiger partial charge in [-0.15, -0.1) is 0 Å². The van der Waals surface area contributed by atoms with Crippen molar-refractivity contribution >= 4 is 17.4 Å². The summed E-state index contributed by atoms with van der Waals surface area (Å²) in [6.07, 6.45) is 0.973. The summed E-state index contributed by atoms with van der Waals surface area (Å²) < 4.78 is 4.99. The van der Waals surface area contributed by atoms with E-state index in [1.54, 1.807) is 13.2 Å². The maximum atomic E-state index is 9.02. The number of aliphatic hydroxyl groups is 1. The predicted octanol–water partition coefficient (Wildman–Crippen LogP) is 1.49. The highest BCUT2D eigenvalue weighted by atomic mass is 35.5. The summed E-state index contributed by atoms with van der Waals surface area (Å²) in [6.45, 7) is 3.84. The zero-order valence-electron chi connectivity index (χ0n) is 10.2. The van der Waals surface area contributed by atoms with Gasteiger partial charge < -0.3 is 14.7 Å². The Labute approximate surface area is 106 Å². The minimum Gasteiger partial charge on any atom is -0.395 e. The van der Waals surface area contributed by atoms with E-state index in [1.165, 1.54) is 0 Å². The summed E-state index contributed by atoms with van der Waals surface area (Å²) in [4.78, 5) is 10.4. The topological polar surface area (TPSA) is 58.5 Å². The van der Waals surface area contributed by atoms with E-state index in [-0.39, 0.29) is 6.61 Å². The van der Waals surface area contributed by atoms with Crippen LogP contribution in [0.4, 0.5) is 5.82 Å². The Balaban J connectivity index is 2.92. The molecule has 0 saturated carbocycles. The molecule has 1 N–H and O–H groups in total. The van der Waals surface area contributed by atoms with Gasteiger partial charge in [0.1, 0.15) is 17.6 Å². The molecule has 0 saturated heterocycles. The fraction of sp³-hybridized carbons (Fsp3) is 0.636. The normalized spacial score (nSPS) is 10.6. The number of ether oxygens (including phenoxy) is 1. The first-order chi connectivity index (χ1) is 8.21. The molecule has 1 aromatic rings. The highest BCUT2D eigenvalue weighted by Gasteiger charge is 2.10. The molecule has 0 amide bonds. The second kappa shape index (κ2) is 7.42. The van der Waals surface area contributed by atoms with E-state index in [1.807, 2.05) is 4.90 Å². The van der Waals surface area contributed by atoms with Crippen LogP contribution in [-0.2, 0) is 11.3 Å². The van der Waals surface area contributed by atoms with Crippen molar-refractivity contribution in [2.75, 3.05) is 31.7 Å². The molecule has 5 nitrogen and oxygen atoms in total. The minimum absolute atomic E-state index is 0.0846. The molecule has 0 aliphatic rings. The second-order valence-electron chi connectivity index (χ2n) is 3.61. The molecule has 0 bridgehead atoms. The summed E-state index contributed by atoms with van der Waals surface area (Å²) in [5, 5.41) is 9.41. The molecular weight excluding hydrogens is 242 g/mol. The van der Waals surface area contributed by atoms with Gasteiger partial charge in [0, 0.05) is 26.3 Å². The lowest BCUT2D eigenvalue weighted by atomic mass is 10.4. The van der Waals surface area contributed by atoms with E-state index in [9.17, 15) is 0 Å². The Morgan fingerprint density at radius 3 is 2.76 bits per heavy atom. The van der Waals surface area contributed by atoms with E-state index in [4.69, 9.17) is 21.4 Å². The van der Waals surface area contributed by atoms with E-state index in [0.717, 1.165) is 18.8 Å². The van der Waals surface area contributed by atoms with E-state index >= 15 is 0 Å². The van der Waals surface area contributed by atoms with Crippen molar-refractivity contribution in [2.45, 2.75) is 20.0 Å². The van der Waals surface area contributed by atoms with Crippen LogP contribution < -0.4 is 4.90 Å². The van der Waals surface area contributed by atoms with E-state index in [2.05, 4.69) is 16.9 Å². The van der Waals surface area contributed by atoms with Crippen molar-refractivity contribution in [3.63, 3.8) is 0 Å². The number of halogens is 1. The van der Waals surface area contributed by atoms with E-state index < -0.39 is 0 Å². The molecule has 0 unspecified atom stereocenters. The molecule has 0 aliphatic carbocycles. The molecule has 0 aliphatic heterocycles. The van der Waals surface area contributed by atoms with E-state index in [0.29, 0.717) is 24.1 Å². The molecule has 96 valence electrons. The Hall–Kier alpha value is -0.910. The molecule has 0 radical (unpaired) electrons. The number of nitrogens with zero attached hydrogens (tertiary/aromatic N) is 3. The number of rotatable bonds is 7. The molecule has 0 fully saturated rings. The fourth-order valence-electron chi connectivity index (χ4n) is 1.54. The van der Waals surface area contributed by atoms with Gasteiger partial charge in [-0.3, -0.25) is 0 Å². The Morgan fingerprint density at radius 2 is 2.18 bits per heavy atom. The lowest BCUT2D eigenvalue weighted by Crippen LogP contribution is -2.28. The standard InChI is InChI=1S/C11H18ClN3O2/c1-3-4-15(5-6-16)11-7-9(12)13-10(14-11)8-17-2/h7,16H,3-6,8H2,1-2H3. The van der Waals surface area contributed by atoms with Gasteiger partial charge in [0.25, 0.3) is 0 Å². The van der Waals surface area contributed by atoms with Crippen LogP contribution in [0.1, 0.15) is 19.2 Å². The Morgan fingerprint density at radius 1 is 1.41 bits per heavy atom. The summed E-state index contributed by atoms with van der Waals surface area (Å²) in [6, 6.07) is 1.70. The van der Waals surface area contributed by atoms with Crippen molar-refractivity contribution in [1.82, 2.24) is 9.97 Å². The number of hydrogen-bond acceptors (Lipinski definition) is 5. The largest absolute Gasteiger partial charge is 0.395 e. The average Bonchev–Trinajstić information content (AvgIpc) is 2.28. The van der Waals surface area contributed by atoms with Gasteiger partial charge in [0.2, 0.25) is 0 Å². The third-order valence-corrected chi connectivity index (χ3v) is 2.38. The quantitative estimate of drug-likeness (QED) is 0.752. The van der Waals surface area contributed by atoms with Crippen LogP contribution in [0.5, 0.6) is 0 Å². The van der Waals surface area contributed by atoms with Crippen molar-refractivity contribution < 1.29 is 9.84 Å². The molecule has 0 spiro atoms. The number of anilines is 1. The molecule has 6 heteroatoms. The lowest BCUT2D eigenvalue weighted by Gasteiger charge is -2.22. The number of aromatic nitrogens is 2. The van der Waals surface area contributed by atoms with Crippen molar-refractivity contribution in [3.8, 4) is 0 Å². The number of aliphatic hydroxyl groups excluding tert-OH is 1. The maximum absolute atomic E-state index is 9.02. The number of hydrogen-bond donors (Lipinski definition) is 1. The first-order valence-electron chi connectivity index (χ1n) is 5.59. The average molecular weight is 260 g/mol. The highest BCUT2D eigenvalue weighted by Crippen LogP contribution is 2.16. The highest BCUT2D eigenvalue weighted by molar-refractivity contribution is 6.29. The first-order valence-corrected chi connectivity index (χ1v) is 5.97. The smallest absolute Gasteiger partial charge is 0.158 e. The van der Waals surface area contributed by atoms with Crippen LogP contribution in [0.2, 0.25) is 5.15 Å². The van der Waals surface area contributed by atoms with Crippen LogP contribution >= 0.6 is 11.6 Å². The van der Waals surface area contributed by atoms with Crippen LogP contribution in [-0.4, -0.2) is 41.9 Å². The van der Waals surface area contributed by atoms with Crippen LogP contribution in [0.25, 0.3) is 0 Å². The fourth-order valence-corrected chi connectivity index (χ4v) is 1.73.